The highest BCUT2D eigenvalue weighted by Crippen LogP contribution is 2.17. The van der Waals surface area contributed by atoms with Gasteiger partial charge in [0.05, 0.1) is 5.92 Å². The van der Waals surface area contributed by atoms with Crippen LogP contribution in [-0.2, 0) is 19.1 Å². The van der Waals surface area contributed by atoms with Gasteiger partial charge in [0.15, 0.2) is 0 Å². The second-order valence-corrected chi connectivity index (χ2v) is 3.55. The normalized spacial score (nSPS) is 20.1. The van der Waals surface area contributed by atoms with Crippen molar-refractivity contribution in [2.75, 3.05) is 13.2 Å². The van der Waals surface area contributed by atoms with Crippen LogP contribution in [0.25, 0.3) is 0 Å². The fraction of sp³-hybridized carbons (Fsp3) is 0.636. The summed E-state index contributed by atoms with van der Waals surface area (Å²) >= 11 is 0. The van der Waals surface area contributed by atoms with Gasteiger partial charge in [0.2, 0.25) is 0 Å². The van der Waals surface area contributed by atoms with Crippen molar-refractivity contribution in [2.45, 2.75) is 25.9 Å². The molecule has 1 aliphatic heterocycles. The molecule has 0 aromatic carbocycles. The van der Waals surface area contributed by atoms with Gasteiger partial charge in [-0.25, -0.2) is 0 Å². The molecule has 0 N–H and O–H groups in total. The number of esters is 1. The van der Waals surface area contributed by atoms with E-state index in [-0.39, 0.29) is 18.0 Å². The van der Waals surface area contributed by atoms with Crippen molar-refractivity contribution >= 4 is 12.3 Å². The minimum Gasteiger partial charge on any atom is -0.458 e. The van der Waals surface area contributed by atoms with E-state index in [1.165, 1.54) is 6.08 Å². The molecule has 1 unspecified atom stereocenters. The van der Waals surface area contributed by atoms with E-state index < -0.39 is 0 Å². The molecule has 0 aromatic heterocycles. The molecular formula is C11H16O4. The van der Waals surface area contributed by atoms with Crippen LogP contribution in [-0.4, -0.2) is 31.6 Å². The molecule has 0 aromatic rings. The van der Waals surface area contributed by atoms with Crippen molar-refractivity contribution in [3.8, 4) is 0 Å². The van der Waals surface area contributed by atoms with Crippen molar-refractivity contribution in [2.24, 2.45) is 5.92 Å². The third kappa shape index (κ3) is 4.25. The summed E-state index contributed by atoms with van der Waals surface area (Å²) in [6, 6.07) is 0. The first kappa shape index (κ1) is 11.9. The number of hydrogen-bond acceptors (Lipinski definition) is 4. The van der Waals surface area contributed by atoms with Crippen molar-refractivity contribution < 1.29 is 19.1 Å². The van der Waals surface area contributed by atoms with Gasteiger partial charge >= 0.3 is 5.97 Å². The first-order valence-electron chi connectivity index (χ1n) is 5.14. The summed E-state index contributed by atoms with van der Waals surface area (Å²) in [6.07, 6.45) is 4.67. The maximum Gasteiger partial charge on any atom is 0.309 e. The Bertz CT molecular complexity index is 241. The van der Waals surface area contributed by atoms with Crippen LogP contribution < -0.4 is 0 Å². The Kier molecular flexibility index (Phi) is 5.04. The number of aldehydes is 1. The summed E-state index contributed by atoms with van der Waals surface area (Å²) < 4.78 is 10.3. The van der Waals surface area contributed by atoms with E-state index in [2.05, 4.69) is 0 Å². The predicted octanol–water partition coefficient (Wildman–Crippen LogP) is 1.10. The minimum absolute atomic E-state index is 0.0502. The lowest BCUT2D eigenvalue weighted by atomic mass is 10.0. The van der Waals surface area contributed by atoms with Crippen LogP contribution in [0, 0.1) is 5.92 Å². The van der Waals surface area contributed by atoms with E-state index in [1.807, 2.05) is 0 Å². The quantitative estimate of drug-likeness (QED) is 0.398. The fourth-order valence-electron chi connectivity index (χ4n) is 1.45. The lowest BCUT2D eigenvalue weighted by molar-refractivity contribution is -0.154. The SMILES string of the molecule is CC(C=CC=O)OC(=O)C1CCOCC1. The third-order valence-corrected chi connectivity index (χ3v) is 2.32. The van der Waals surface area contributed by atoms with Gasteiger partial charge in [0.1, 0.15) is 12.4 Å². The number of allylic oxidation sites excluding steroid dienone is 1. The number of carbonyl (C=O) groups is 2. The van der Waals surface area contributed by atoms with Crippen LogP contribution >= 0.6 is 0 Å². The zero-order valence-electron chi connectivity index (χ0n) is 8.85. The molecule has 1 aliphatic rings. The molecule has 15 heavy (non-hydrogen) atoms. The number of hydrogen-bond donors (Lipinski definition) is 0. The van der Waals surface area contributed by atoms with Gasteiger partial charge < -0.3 is 9.47 Å². The molecule has 1 saturated heterocycles. The van der Waals surface area contributed by atoms with Crippen LogP contribution in [0.4, 0.5) is 0 Å². The summed E-state index contributed by atoms with van der Waals surface area (Å²) in [6.45, 7) is 2.98. The minimum atomic E-state index is -0.342. The maximum atomic E-state index is 11.6. The average molecular weight is 212 g/mol. The lowest BCUT2D eigenvalue weighted by Gasteiger charge is -2.21. The van der Waals surface area contributed by atoms with E-state index in [0.717, 1.165) is 12.8 Å². The van der Waals surface area contributed by atoms with E-state index in [9.17, 15) is 9.59 Å². The van der Waals surface area contributed by atoms with E-state index in [1.54, 1.807) is 13.0 Å². The maximum absolute atomic E-state index is 11.6. The molecule has 1 atom stereocenters. The zero-order valence-corrected chi connectivity index (χ0v) is 8.85. The largest absolute Gasteiger partial charge is 0.458 e. The van der Waals surface area contributed by atoms with Crippen LogP contribution in [0.5, 0.6) is 0 Å². The van der Waals surface area contributed by atoms with Crippen molar-refractivity contribution in [3.63, 3.8) is 0 Å². The molecule has 1 heterocycles. The summed E-state index contributed by atoms with van der Waals surface area (Å²) in [5.74, 6) is -0.243. The number of ether oxygens (including phenoxy) is 2. The van der Waals surface area contributed by atoms with E-state index in [4.69, 9.17) is 9.47 Å². The molecule has 0 radical (unpaired) electrons. The Morgan fingerprint density at radius 2 is 2.13 bits per heavy atom. The first-order chi connectivity index (χ1) is 7.24. The summed E-state index contributed by atoms with van der Waals surface area (Å²) in [5, 5.41) is 0. The Balaban J connectivity index is 2.33. The Morgan fingerprint density at radius 3 is 2.73 bits per heavy atom. The van der Waals surface area contributed by atoms with Gasteiger partial charge in [-0.2, -0.15) is 0 Å². The van der Waals surface area contributed by atoms with Gasteiger partial charge in [-0.3, -0.25) is 9.59 Å². The molecule has 4 heteroatoms. The van der Waals surface area contributed by atoms with Crippen LogP contribution in [0.1, 0.15) is 19.8 Å². The molecule has 0 bridgehead atoms. The zero-order chi connectivity index (χ0) is 11.1. The molecule has 0 saturated carbocycles. The van der Waals surface area contributed by atoms with Crippen molar-refractivity contribution in [1.29, 1.82) is 0 Å². The number of rotatable bonds is 4. The fourth-order valence-corrected chi connectivity index (χ4v) is 1.45. The molecule has 1 fully saturated rings. The Morgan fingerprint density at radius 1 is 1.47 bits per heavy atom. The molecule has 84 valence electrons. The Labute approximate surface area is 89.2 Å². The van der Waals surface area contributed by atoms with E-state index >= 15 is 0 Å². The van der Waals surface area contributed by atoms with Gasteiger partial charge in [0.25, 0.3) is 0 Å². The Hall–Kier alpha value is -1.16. The highest BCUT2D eigenvalue weighted by Gasteiger charge is 2.23. The van der Waals surface area contributed by atoms with Crippen molar-refractivity contribution in [1.82, 2.24) is 0 Å². The van der Waals surface area contributed by atoms with Gasteiger partial charge in [-0.1, -0.05) is 0 Å². The second kappa shape index (κ2) is 6.35. The second-order valence-electron chi connectivity index (χ2n) is 3.55. The van der Waals surface area contributed by atoms with Gasteiger partial charge in [-0.15, -0.1) is 0 Å². The van der Waals surface area contributed by atoms with Gasteiger partial charge in [0, 0.05) is 13.2 Å². The first-order valence-corrected chi connectivity index (χ1v) is 5.14. The molecular weight excluding hydrogens is 196 g/mol. The highest BCUT2D eigenvalue weighted by molar-refractivity contribution is 5.73. The summed E-state index contributed by atoms with van der Waals surface area (Å²) in [7, 11) is 0. The van der Waals surface area contributed by atoms with Crippen molar-refractivity contribution in [3.05, 3.63) is 12.2 Å². The van der Waals surface area contributed by atoms with Crippen LogP contribution in [0.15, 0.2) is 12.2 Å². The summed E-state index contributed by atoms with van der Waals surface area (Å²) in [4.78, 5) is 21.6. The lowest BCUT2D eigenvalue weighted by Crippen LogP contribution is -2.27. The highest BCUT2D eigenvalue weighted by atomic mass is 16.5. The molecule has 0 aliphatic carbocycles. The molecule has 4 nitrogen and oxygen atoms in total. The molecule has 0 amide bonds. The third-order valence-electron chi connectivity index (χ3n) is 2.32. The van der Waals surface area contributed by atoms with Gasteiger partial charge in [-0.05, 0) is 31.9 Å². The average Bonchev–Trinajstić information content (AvgIpc) is 2.27. The molecule has 0 spiro atoms. The number of carbonyl (C=O) groups excluding carboxylic acids is 2. The van der Waals surface area contributed by atoms with E-state index in [0.29, 0.717) is 19.5 Å². The van der Waals surface area contributed by atoms with Crippen LogP contribution in [0.2, 0.25) is 0 Å². The standard InChI is InChI=1S/C11H16O4/c1-9(3-2-6-12)15-11(13)10-4-7-14-8-5-10/h2-3,6,9-10H,4-5,7-8H2,1H3. The van der Waals surface area contributed by atoms with Crippen LogP contribution in [0.3, 0.4) is 0 Å². The monoisotopic (exact) mass is 212 g/mol. The summed E-state index contributed by atoms with van der Waals surface area (Å²) in [5.41, 5.74) is 0. The smallest absolute Gasteiger partial charge is 0.309 e. The predicted molar refractivity (Wildman–Crippen MR) is 54.3 cm³/mol. The molecule has 1 rings (SSSR count). The topological polar surface area (TPSA) is 52.6 Å².